The molecule has 2 N–H and O–H groups in total. The minimum Gasteiger partial charge on any atom is -0.508 e. The second kappa shape index (κ2) is 9.30. The number of nitriles is 1. The van der Waals surface area contributed by atoms with E-state index in [0.717, 1.165) is 5.56 Å². The van der Waals surface area contributed by atoms with Gasteiger partial charge in [0.15, 0.2) is 0 Å². The third-order valence-electron chi connectivity index (χ3n) is 4.55. The van der Waals surface area contributed by atoms with Crippen molar-refractivity contribution in [2.75, 3.05) is 5.32 Å². The Labute approximate surface area is 181 Å². The van der Waals surface area contributed by atoms with Crippen molar-refractivity contribution in [3.05, 3.63) is 99.1 Å². The SMILES string of the molecule is Cc1cc(C)cc(Cc2ccc(/C=C(\C#N)C(=O)Nc3ccc(O)cc3)cc2Cl)c1. The normalized spacial score (nSPS) is 11.1. The van der Waals surface area contributed by atoms with Crippen molar-refractivity contribution < 1.29 is 9.90 Å². The van der Waals surface area contributed by atoms with Crippen LogP contribution in [0.25, 0.3) is 6.08 Å². The van der Waals surface area contributed by atoms with E-state index in [0.29, 0.717) is 22.7 Å². The van der Waals surface area contributed by atoms with Gasteiger partial charge in [-0.2, -0.15) is 5.26 Å². The molecule has 0 heterocycles. The number of phenols is 1. The van der Waals surface area contributed by atoms with Crippen LogP contribution in [0, 0.1) is 25.2 Å². The highest BCUT2D eigenvalue weighted by molar-refractivity contribution is 6.31. The highest BCUT2D eigenvalue weighted by Crippen LogP contribution is 2.24. The summed E-state index contributed by atoms with van der Waals surface area (Å²) in [7, 11) is 0. The number of halogens is 1. The summed E-state index contributed by atoms with van der Waals surface area (Å²) in [4.78, 5) is 12.4. The van der Waals surface area contributed by atoms with Crippen molar-refractivity contribution in [1.82, 2.24) is 0 Å². The largest absolute Gasteiger partial charge is 0.508 e. The molecule has 0 saturated heterocycles. The fourth-order valence-corrected chi connectivity index (χ4v) is 3.50. The number of benzene rings is 3. The second-order valence-electron chi connectivity index (χ2n) is 7.19. The Bertz CT molecular complexity index is 1140. The molecule has 0 spiro atoms. The van der Waals surface area contributed by atoms with Crippen molar-refractivity contribution in [1.29, 1.82) is 5.26 Å². The number of nitrogens with zero attached hydrogens (tertiary/aromatic N) is 1. The summed E-state index contributed by atoms with van der Waals surface area (Å²) in [6.07, 6.45) is 2.21. The molecular weight excluding hydrogens is 396 g/mol. The Hall–Kier alpha value is -3.55. The Balaban J connectivity index is 1.78. The molecule has 0 saturated carbocycles. The van der Waals surface area contributed by atoms with Crippen molar-refractivity contribution in [2.24, 2.45) is 0 Å². The fraction of sp³-hybridized carbons (Fsp3) is 0.120. The summed E-state index contributed by atoms with van der Waals surface area (Å²) < 4.78 is 0. The number of rotatable bonds is 5. The topological polar surface area (TPSA) is 73.1 Å². The number of aryl methyl sites for hydroxylation is 2. The van der Waals surface area contributed by atoms with Gasteiger partial charge in [0.1, 0.15) is 17.4 Å². The Kier molecular flexibility index (Phi) is 6.56. The predicted octanol–water partition coefficient (Wildman–Crippen LogP) is 5.80. The van der Waals surface area contributed by atoms with Crippen LogP contribution >= 0.6 is 11.6 Å². The van der Waals surface area contributed by atoms with Gasteiger partial charge in [-0.15, -0.1) is 0 Å². The summed E-state index contributed by atoms with van der Waals surface area (Å²) in [6.45, 7) is 4.14. The van der Waals surface area contributed by atoms with Gasteiger partial charge in [0.25, 0.3) is 5.91 Å². The first-order valence-electron chi connectivity index (χ1n) is 9.42. The highest BCUT2D eigenvalue weighted by Gasteiger charge is 2.11. The summed E-state index contributed by atoms with van der Waals surface area (Å²) in [6, 6.07) is 19.9. The molecule has 3 aromatic carbocycles. The van der Waals surface area contributed by atoms with Gasteiger partial charge in [-0.1, -0.05) is 53.1 Å². The van der Waals surface area contributed by atoms with Crippen LogP contribution in [0.5, 0.6) is 5.75 Å². The van der Waals surface area contributed by atoms with Gasteiger partial charge < -0.3 is 10.4 Å². The number of anilines is 1. The van der Waals surface area contributed by atoms with Crippen LogP contribution in [0.2, 0.25) is 5.02 Å². The average Bonchev–Trinajstić information content (AvgIpc) is 2.69. The molecule has 0 radical (unpaired) electrons. The minimum atomic E-state index is -0.529. The van der Waals surface area contributed by atoms with Crippen molar-refractivity contribution >= 4 is 29.3 Å². The summed E-state index contributed by atoms with van der Waals surface area (Å²) in [5.74, 6) is -0.432. The number of aromatic hydroxyl groups is 1. The van der Waals surface area contributed by atoms with Gasteiger partial charge >= 0.3 is 0 Å². The zero-order valence-corrected chi connectivity index (χ0v) is 17.5. The van der Waals surface area contributed by atoms with Gasteiger partial charge in [-0.05, 0) is 73.4 Å². The Morgan fingerprint density at radius 3 is 2.33 bits per heavy atom. The van der Waals surface area contributed by atoms with E-state index in [2.05, 4.69) is 37.4 Å². The first kappa shape index (κ1) is 21.2. The van der Waals surface area contributed by atoms with Crippen molar-refractivity contribution in [2.45, 2.75) is 20.3 Å². The van der Waals surface area contributed by atoms with E-state index in [9.17, 15) is 15.2 Å². The number of carbonyl (C=O) groups is 1. The van der Waals surface area contributed by atoms with Gasteiger partial charge in [-0.25, -0.2) is 0 Å². The van der Waals surface area contributed by atoms with E-state index in [1.165, 1.54) is 34.9 Å². The number of amides is 1. The van der Waals surface area contributed by atoms with Crippen LogP contribution in [0.15, 0.2) is 66.2 Å². The lowest BCUT2D eigenvalue weighted by atomic mass is 9.99. The Morgan fingerprint density at radius 1 is 1.07 bits per heavy atom. The number of carbonyl (C=O) groups excluding carboxylic acids is 1. The molecule has 3 rings (SSSR count). The first-order chi connectivity index (χ1) is 14.3. The molecule has 0 aliphatic heterocycles. The lowest BCUT2D eigenvalue weighted by Gasteiger charge is -2.08. The maximum absolute atomic E-state index is 12.4. The van der Waals surface area contributed by atoms with Crippen LogP contribution in [0.1, 0.15) is 27.8 Å². The molecule has 0 unspecified atom stereocenters. The molecule has 5 heteroatoms. The van der Waals surface area contributed by atoms with Crippen molar-refractivity contribution in [3.8, 4) is 11.8 Å². The van der Waals surface area contributed by atoms with E-state index < -0.39 is 5.91 Å². The molecule has 0 aliphatic rings. The molecule has 4 nitrogen and oxygen atoms in total. The molecule has 0 atom stereocenters. The maximum atomic E-state index is 12.4. The van der Waals surface area contributed by atoms with Crippen LogP contribution in [-0.4, -0.2) is 11.0 Å². The third kappa shape index (κ3) is 5.50. The second-order valence-corrected chi connectivity index (χ2v) is 7.60. The smallest absolute Gasteiger partial charge is 0.266 e. The molecule has 30 heavy (non-hydrogen) atoms. The van der Waals surface area contributed by atoms with E-state index in [4.69, 9.17) is 11.6 Å². The van der Waals surface area contributed by atoms with Crippen molar-refractivity contribution in [3.63, 3.8) is 0 Å². The van der Waals surface area contributed by atoms with Crippen LogP contribution < -0.4 is 5.32 Å². The average molecular weight is 417 g/mol. The zero-order valence-electron chi connectivity index (χ0n) is 16.7. The van der Waals surface area contributed by atoms with Gasteiger partial charge in [0, 0.05) is 10.7 Å². The van der Waals surface area contributed by atoms with Gasteiger partial charge in [0.2, 0.25) is 0 Å². The molecule has 0 fully saturated rings. The monoisotopic (exact) mass is 416 g/mol. The van der Waals surface area contributed by atoms with Crippen LogP contribution in [0.4, 0.5) is 5.69 Å². The Morgan fingerprint density at radius 2 is 1.73 bits per heavy atom. The minimum absolute atomic E-state index is 0.0406. The number of hydrogen-bond donors (Lipinski definition) is 2. The van der Waals surface area contributed by atoms with E-state index in [1.54, 1.807) is 18.2 Å². The number of phenolic OH excluding ortho intramolecular Hbond substituents is 1. The summed E-state index contributed by atoms with van der Waals surface area (Å²) in [5.41, 5.74) is 5.69. The highest BCUT2D eigenvalue weighted by atomic mass is 35.5. The lowest BCUT2D eigenvalue weighted by Crippen LogP contribution is -2.13. The summed E-state index contributed by atoms with van der Waals surface area (Å²) in [5, 5.41) is 21.9. The molecule has 0 aromatic heterocycles. The molecule has 0 aliphatic carbocycles. The molecule has 1 amide bonds. The third-order valence-corrected chi connectivity index (χ3v) is 4.91. The fourth-order valence-electron chi connectivity index (χ4n) is 3.25. The van der Waals surface area contributed by atoms with E-state index in [1.807, 2.05) is 18.2 Å². The molecule has 0 bridgehead atoms. The van der Waals surface area contributed by atoms with E-state index in [-0.39, 0.29) is 11.3 Å². The van der Waals surface area contributed by atoms with Crippen LogP contribution in [0.3, 0.4) is 0 Å². The molecule has 150 valence electrons. The quantitative estimate of drug-likeness (QED) is 0.313. The molecule has 3 aromatic rings. The predicted molar refractivity (Wildman–Crippen MR) is 121 cm³/mol. The van der Waals surface area contributed by atoms with E-state index >= 15 is 0 Å². The maximum Gasteiger partial charge on any atom is 0.266 e. The lowest BCUT2D eigenvalue weighted by molar-refractivity contribution is -0.112. The summed E-state index contributed by atoms with van der Waals surface area (Å²) >= 11 is 6.47. The van der Waals surface area contributed by atoms with Crippen LogP contribution in [-0.2, 0) is 11.2 Å². The molecular formula is C25H21ClN2O2. The zero-order chi connectivity index (χ0) is 21.7. The number of hydrogen-bond acceptors (Lipinski definition) is 3. The first-order valence-corrected chi connectivity index (χ1v) is 9.79. The standard InChI is InChI=1S/C25H21ClN2O2/c1-16-9-17(2)11-19(10-16)13-20-4-3-18(14-24(20)26)12-21(15-27)25(30)28-22-5-7-23(29)8-6-22/h3-12,14,29H,13H2,1-2H3,(H,28,30)/b21-12+. The van der Waals surface area contributed by atoms with Gasteiger partial charge in [0.05, 0.1) is 0 Å². The number of nitrogens with one attached hydrogen (secondary N) is 1. The van der Waals surface area contributed by atoms with Gasteiger partial charge in [-0.3, -0.25) is 4.79 Å².